The lowest BCUT2D eigenvalue weighted by Gasteiger charge is -2.36. The van der Waals surface area contributed by atoms with E-state index in [0.29, 0.717) is 0 Å². The van der Waals surface area contributed by atoms with Crippen molar-refractivity contribution < 1.29 is 14.6 Å². The minimum atomic E-state index is -0.821. The number of rotatable bonds is 7. The Hall–Kier alpha value is -4.48. The van der Waals surface area contributed by atoms with E-state index in [-0.39, 0.29) is 6.42 Å². The first-order valence-electron chi connectivity index (χ1n) is 14.1. The maximum Gasteiger partial charge on any atom is 0.307 e. The Kier molecular flexibility index (Phi) is 7.53. The SMILES string of the molecule is CSN1Cc2cc(-c3ccccc3Oc3ccccc3)ccc2-c2c(C)c(-c3ccc(C)cc3)c(CC(=O)O)c(C)c21. The summed E-state index contributed by atoms with van der Waals surface area (Å²) in [6, 6.07) is 33.1. The molecule has 0 atom stereocenters. The number of carboxylic acids is 1. The van der Waals surface area contributed by atoms with Crippen molar-refractivity contribution in [2.45, 2.75) is 33.7 Å². The van der Waals surface area contributed by atoms with Gasteiger partial charge in [-0.1, -0.05) is 90.3 Å². The van der Waals surface area contributed by atoms with Crippen LogP contribution in [0.25, 0.3) is 33.4 Å². The van der Waals surface area contributed by atoms with Gasteiger partial charge in [0.25, 0.3) is 0 Å². The number of aryl methyl sites for hydroxylation is 1. The summed E-state index contributed by atoms with van der Waals surface area (Å²) in [5, 5.41) is 9.91. The molecule has 0 unspecified atom stereocenters. The molecule has 6 rings (SSSR count). The second-order valence-corrected chi connectivity index (χ2v) is 11.6. The van der Waals surface area contributed by atoms with Crippen LogP contribution >= 0.6 is 11.9 Å². The summed E-state index contributed by atoms with van der Waals surface area (Å²) in [4.78, 5) is 12.1. The van der Waals surface area contributed by atoms with Crippen LogP contribution in [0.3, 0.4) is 0 Å². The number of nitrogens with zero attached hydrogens (tertiary/aromatic N) is 1. The lowest BCUT2D eigenvalue weighted by molar-refractivity contribution is -0.136. The maximum atomic E-state index is 12.1. The molecular weight excluding hydrogens is 538 g/mol. The normalized spacial score (nSPS) is 12.0. The molecule has 0 amide bonds. The molecule has 1 aliphatic heterocycles. The van der Waals surface area contributed by atoms with Crippen molar-refractivity contribution >= 4 is 23.6 Å². The topological polar surface area (TPSA) is 49.8 Å². The molecule has 0 radical (unpaired) electrons. The molecule has 0 spiro atoms. The van der Waals surface area contributed by atoms with Gasteiger partial charge in [-0.05, 0) is 89.5 Å². The fourth-order valence-corrected chi connectivity index (χ4v) is 6.79. The van der Waals surface area contributed by atoms with E-state index in [0.717, 1.165) is 62.7 Å². The van der Waals surface area contributed by atoms with Gasteiger partial charge >= 0.3 is 5.97 Å². The average Bonchev–Trinajstić information content (AvgIpc) is 3.00. The highest BCUT2D eigenvalue weighted by Crippen LogP contribution is 2.51. The predicted octanol–water partition coefficient (Wildman–Crippen LogP) is 9.63. The Balaban J connectivity index is 1.53. The zero-order chi connectivity index (χ0) is 29.4. The third-order valence-electron chi connectivity index (χ3n) is 8.09. The van der Waals surface area contributed by atoms with Crippen molar-refractivity contribution in [2.24, 2.45) is 0 Å². The van der Waals surface area contributed by atoms with E-state index < -0.39 is 5.97 Å². The van der Waals surface area contributed by atoms with Gasteiger partial charge in [-0.2, -0.15) is 0 Å². The molecule has 0 aliphatic carbocycles. The number of ether oxygens (including phenoxy) is 1. The van der Waals surface area contributed by atoms with Crippen LogP contribution in [0.1, 0.15) is 27.8 Å². The molecule has 0 saturated heterocycles. The molecule has 0 saturated carbocycles. The van der Waals surface area contributed by atoms with Gasteiger partial charge in [0.15, 0.2) is 0 Å². The Morgan fingerprint density at radius 1 is 0.810 bits per heavy atom. The van der Waals surface area contributed by atoms with E-state index >= 15 is 0 Å². The van der Waals surface area contributed by atoms with Crippen LogP contribution in [-0.2, 0) is 17.8 Å². The summed E-state index contributed by atoms with van der Waals surface area (Å²) >= 11 is 1.67. The molecule has 5 aromatic rings. The molecule has 1 N–H and O–H groups in total. The van der Waals surface area contributed by atoms with Crippen LogP contribution in [-0.4, -0.2) is 17.3 Å². The predicted molar refractivity (Wildman–Crippen MR) is 175 cm³/mol. The highest BCUT2D eigenvalue weighted by atomic mass is 32.2. The Labute approximate surface area is 251 Å². The van der Waals surface area contributed by atoms with E-state index in [1.54, 1.807) is 11.9 Å². The van der Waals surface area contributed by atoms with Gasteiger partial charge < -0.3 is 14.1 Å². The van der Waals surface area contributed by atoms with Crippen LogP contribution < -0.4 is 9.04 Å². The first-order chi connectivity index (χ1) is 20.4. The van der Waals surface area contributed by atoms with Gasteiger partial charge in [0, 0.05) is 17.4 Å². The molecule has 210 valence electrons. The van der Waals surface area contributed by atoms with E-state index in [4.69, 9.17) is 4.74 Å². The van der Waals surface area contributed by atoms with E-state index in [9.17, 15) is 9.90 Å². The fourth-order valence-electron chi connectivity index (χ4n) is 6.11. The number of para-hydroxylation sites is 2. The summed E-state index contributed by atoms with van der Waals surface area (Å²) in [7, 11) is 0. The summed E-state index contributed by atoms with van der Waals surface area (Å²) in [6.07, 6.45) is 2.07. The largest absolute Gasteiger partial charge is 0.481 e. The van der Waals surface area contributed by atoms with Crippen molar-refractivity contribution in [1.29, 1.82) is 0 Å². The van der Waals surface area contributed by atoms with E-state index in [2.05, 4.69) is 79.9 Å². The maximum absolute atomic E-state index is 12.1. The number of hydrogen-bond donors (Lipinski definition) is 1. The van der Waals surface area contributed by atoms with E-state index in [1.807, 2.05) is 48.5 Å². The molecule has 5 aromatic carbocycles. The van der Waals surface area contributed by atoms with Crippen molar-refractivity contribution in [1.82, 2.24) is 0 Å². The number of aliphatic carboxylic acids is 1. The highest BCUT2D eigenvalue weighted by molar-refractivity contribution is 7.99. The van der Waals surface area contributed by atoms with Gasteiger partial charge in [0.1, 0.15) is 11.5 Å². The number of benzene rings is 5. The first-order valence-corrected chi connectivity index (χ1v) is 15.3. The molecule has 0 fully saturated rings. The third kappa shape index (κ3) is 5.05. The van der Waals surface area contributed by atoms with Crippen LogP contribution in [0.5, 0.6) is 11.5 Å². The molecule has 42 heavy (non-hydrogen) atoms. The Morgan fingerprint density at radius 2 is 1.50 bits per heavy atom. The van der Waals surface area contributed by atoms with Crippen LogP contribution in [0.15, 0.2) is 97.1 Å². The highest BCUT2D eigenvalue weighted by Gasteiger charge is 2.30. The summed E-state index contributed by atoms with van der Waals surface area (Å²) in [6.45, 7) is 7.01. The molecule has 4 nitrogen and oxygen atoms in total. The summed E-state index contributed by atoms with van der Waals surface area (Å²) in [5.41, 5.74) is 13.1. The Morgan fingerprint density at radius 3 is 2.21 bits per heavy atom. The molecule has 5 heteroatoms. The van der Waals surface area contributed by atoms with Gasteiger partial charge in [-0.15, -0.1) is 0 Å². The summed E-state index contributed by atoms with van der Waals surface area (Å²) < 4.78 is 8.60. The number of hydrogen-bond acceptors (Lipinski definition) is 4. The molecular formula is C37H33NO3S. The van der Waals surface area contributed by atoms with Gasteiger partial charge in [-0.25, -0.2) is 0 Å². The van der Waals surface area contributed by atoms with Crippen LogP contribution in [0.2, 0.25) is 0 Å². The van der Waals surface area contributed by atoms with Gasteiger partial charge in [-0.3, -0.25) is 4.79 Å². The number of carbonyl (C=O) groups is 1. The lowest BCUT2D eigenvalue weighted by Crippen LogP contribution is -2.22. The first kappa shape index (κ1) is 27.7. The molecule has 1 aliphatic rings. The smallest absolute Gasteiger partial charge is 0.307 e. The quantitative estimate of drug-likeness (QED) is 0.197. The summed E-state index contributed by atoms with van der Waals surface area (Å²) in [5.74, 6) is 0.796. The molecule has 0 aromatic heterocycles. The number of carboxylic acid groups (broad SMARTS) is 1. The second kappa shape index (κ2) is 11.4. The monoisotopic (exact) mass is 571 g/mol. The third-order valence-corrected chi connectivity index (χ3v) is 8.84. The molecule has 0 bridgehead atoms. The van der Waals surface area contributed by atoms with Crippen molar-refractivity contribution in [2.75, 3.05) is 10.6 Å². The van der Waals surface area contributed by atoms with Crippen LogP contribution in [0, 0.1) is 20.8 Å². The average molecular weight is 572 g/mol. The lowest BCUT2D eigenvalue weighted by atomic mass is 9.80. The number of anilines is 1. The minimum Gasteiger partial charge on any atom is -0.481 e. The minimum absolute atomic E-state index is 0.0185. The second-order valence-electron chi connectivity index (χ2n) is 10.8. The zero-order valence-electron chi connectivity index (χ0n) is 24.3. The zero-order valence-corrected chi connectivity index (χ0v) is 25.1. The standard InChI is InChI=1S/C37H33NO3S/c1-23-14-16-26(17-15-23)35-25(3)36-31-19-18-27(30-12-8-9-13-33(30)41-29-10-6-5-7-11-29)20-28(31)22-38(42-4)37(36)24(2)32(35)21-34(39)40/h5-20H,21-22H2,1-4H3,(H,39,40). The van der Waals surface area contributed by atoms with Gasteiger partial charge in [0.05, 0.1) is 18.7 Å². The Bertz CT molecular complexity index is 1800. The van der Waals surface area contributed by atoms with Crippen molar-refractivity contribution in [3.63, 3.8) is 0 Å². The number of fused-ring (bicyclic) bond motifs is 3. The van der Waals surface area contributed by atoms with E-state index in [1.165, 1.54) is 22.3 Å². The van der Waals surface area contributed by atoms with Crippen LogP contribution in [0.4, 0.5) is 5.69 Å². The molecule has 1 heterocycles. The fraction of sp³-hybridized carbons (Fsp3) is 0.162. The van der Waals surface area contributed by atoms with Crippen molar-refractivity contribution in [3.05, 3.63) is 125 Å². The van der Waals surface area contributed by atoms with Crippen molar-refractivity contribution in [3.8, 4) is 44.9 Å². The van der Waals surface area contributed by atoms with Gasteiger partial charge in [0.2, 0.25) is 0 Å².